The number of thioether (sulfide) groups is 1. The lowest BCUT2D eigenvalue weighted by atomic mass is 10.1. The molecule has 0 fully saturated rings. The fourth-order valence-electron chi connectivity index (χ4n) is 2.66. The first-order chi connectivity index (χ1) is 13.5. The van der Waals surface area contributed by atoms with Crippen LogP contribution in [-0.4, -0.2) is 11.8 Å². The molecule has 6 heteroatoms. The van der Waals surface area contributed by atoms with Crippen molar-refractivity contribution in [2.45, 2.75) is 17.1 Å². The molecule has 28 heavy (non-hydrogen) atoms. The molecule has 0 saturated carbocycles. The van der Waals surface area contributed by atoms with E-state index >= 15 is 0 Å². The molecule has 0 bridgehead atoms. The molecule has 0 heterocycles. The second kappa shape index (κ2) is 9.44. The monoisotopic (exact) mass is 410 g/mol. The summed E-state index contributed by atoms with van der Waals surface area (Å²) in [5, 5.41) is 5.80. The number of carbonyl (C=O) groups excluding carboxylic acids is 2. The van der Waals surface area contributed by atoms with E-state index in [1.54, 1.807) is 24.3 Å². The summed E-state index contributed by atoms with van der Waals surface area (Å²) < 4.78 is 0. The van der Waals surface area contributed by atoms with E-state index in [1.165, 1.54) is 18.7 Å². The summed E-state index contributed by atoms with van der Waals surface area (Å²) in [7, 11) is 0. The Morgan fingerprint density at radius 2 is 1.54 bits per heavy atom. The first kappa shape index (κ1) is 20.0. The Balaban J connectivity index is 1.85. The van der Waals surface area contributed by atoms with E-state index in [9.17, 15) is 9.59 Å². The van der Waals surface area contributed by atoms with Crippen LogP contribution in [0.2, 0.25) is 5.02 Å². The molecule has 142 valence electrons. The second-order valence-electron chi connectivity index (χ2n) is 6.12. The van der Waals surface area contributed by atoms with Gasteiger partial charge in [0.15, 0.2) is 0 Å². The smallest absolute Gasteiger partial charge is 0.242 e. The van der Waals surface area contributed by atoms with Crippen molar-refractivity contribution in [2.24, 2.45) is 0 Å². The van der Waals surface area contributed by atoms with Gasteiger partial charge in [-0.25, -0.2) is 0 Å². The third-order valence-corrected chi connectivity index (χ3v) is 5.32. The summed E-state index contributed by atoms with van der Waals surface area (Å²) in [5.74, 6) is -0.288. The highest BCUT2D eigenvalue weighted by Crippen LogP contribution is 2.37. The van der Waals surface area contributed by atoms with Gasteiger partial charge in [-0.05, 0) is 42.0 Å². The first-order valence-corrected chi connectivity index (χ1v) is 9.93. The quantitative estimate of drug-likeness (QED) is 0.507. The number of nitrogens with one attached hydrogen (secondary N) is 2. The van der Waals surface area contributed by atoms with Crippen molar-refractivity contribution >= 4 is 46.6 Å². The Morgan fingerprint density at radius 3 is 2.21 bits per heavy atom. The molecule has 2 N–H and O–H groups in total. The zero-order chi connectivity index (χ0) is 19.9. The molecule has 0 aliphatic heterocycles. The Labute approximate surface area is 173 Å². The molecule has 0 aliphatic carbocycles. The first-order valence-electron chi connectivity index (χ1n) is 8.67. The molecular weight excluding hydrogens is 392 g/mol. The van der Waals surface area contributed by atoms with E-state index in [0.29, 0.717) is 16.4 Å². The van der Waals surface area contributed by atoms with Crippen LogP contribution in [0.15, 0.2) is 83.8 Å². The van der Waals surface area contributed by atoms with Gasteiger partial charge in [-0.1, -0.05) is 54.1 Å². The number of carbonyl (C=O) groups is 2. The minimum atomic E-state index is -0.465. The van der Waals surface area contributed by atoms with Crippen LogP contribution in [-0.2, 0) is 9.59 Å². The van der Waals surface area contributed by atoms with Crippen LogP contribution < -0.4 is 10.6 Å². The van der Waals surface area contributed by atoms with Gasteiger partial charge in [0, 0.05) is 28.2 Å². The summed E-state index contributed by atoms with van der Waals surface area (Å²) in [6.45, 7) is 1.46. The van der Waals surface area contributed by atoms with Crippen molar-refractivity contribution in [1.29, 1.82) is 0 Å². The zero-order valence-corrected chi connectivity index (χ0v) is 16.8. The van der Waals surface area contributed by atoms with E-state index in [-0.39, 0.29) is 11.8 Å². The SMILES string of the molecule is CC(=O)Nc1cccc(SC(C(=O)Nc2cccc(Cl)c2)c2ccccc2)c1. The lowest BCUT2D eigenvalue weighted by Crippen LogP contribution is -2.19. The molecule has 0 spiro atoms. The van der Waals surface area contributed by atoms with Crippen LogP contribution in [0.5, 0.6) is 0 Å². The van der Waals surface area contributed by atoms with E-state index in [4.69, 9.17) is 11.6 Å². The lowest BCUT2D eigenvalue weighted by Gasteiger charge is -2.18. The van der Waals surface area contributed by atoms with Gasteiger partial charge in [0.1, 0.15) is 5.25 Å². The van der Waals surface area contributed by atoms with E-state index < -0.39 is 5.25 Å². The molecule has 3 rings (SSSR count). The second-order valence-corrected chi connectivity index (χ2v) is 7.73. The van der Waals surface area contributed by atoms with Gasteiger partial charge in [-0.15, -0.1) is 11.8 Å². The fourth-order valence-corrected chi connectivity index (χ4v) is 3.94. The number of rotatable bonds is 6. The van der Waals surface area contributed by atoms with Gasteiger partial charge in [0.2, 0.25) is 11.8 Å². The van der Waals surface area contributed by atoms with Crippen LogP contribution in [0.1, 0.15) is 17.7 Å². The molecule has 0 saturated heterocycles. The molecule has 1 atom stereocenters. The number of hydrogen-bond donors (Lipinski definition) is 2. The number of benzene rings is 3. The maximum Gasteiger partial charge on any atom is 0.242 e. The number of amides is 2. The Bertz CT molecular complexity index is 979. The summed E-state index contributed by atoms with van der Waals surface area (Å²) >= 11 is 7.44. The van der Waals surface area contributed by atoms with Crippen LogP contribution in [0, 0.1) is 0 Å². The fraction of sp³-hybridized carbons (Fsp3) is 0.0909. The molecule has 3 aromatic carbocycles. The van der Waals surface area contributed by atoms with Gasteiger partial charge in [-0.2, -0.15) is 0 Å². The van der Waals surface area contributed by atoms with Crippen molar-refractivity contribution < 1.29 is 9.59 Å². The predicted molar refractivity (Wildman–Crippen MR) is 116 cm³/mol. The van der Waals surface area contributed by atoms with Crippen molar-refractivity contribution in [1.82, 2.24) is 0 Å². The topological polar surface area (TPSA) is 58.2 Å². The molecular formula is C22H19ClN2O2S. The van der Waals surface area contributed by atoms with Crippen molar-refractivity contribution in [3.63, 3.8) is 0 Å². The molecule has 0 aliphatic rings. The standard InChI is InChI=1S/C22H19ClN2O2S/c1-15(26)24-19-11-6-12-20(14-19)28-21(16-7-3-2-4-8-16)22(27)25-18-10-5-9-17(23)13-18/h2-14,21H,1H3,(H,24,26)(H,25,27). The summed E-state index contributed by atoms with van der Waals surface area (Å²) in [6.07, 6.45) is 0. The minimum Gasteiger partial charge on any atom is -0.326 e. The molecule has 1 unspecified atom stereocenters. The maximum absolute atomic E-state index is 13.0. The zero-order valence-electron chi connectivity index (χ0n) is 15.2. The highest BCUT2D eigenvalue weighted by molar-refractivity contribution is 8.00. The maximum atomic E-state index is 13.0. The third kappa shape index (κ3) is 5.62. The molecule has 0 aromatic heterocycles. The number of anilines is 2. The van der Waals surface area contributed by atoms with E-state index in [0.717, 1.165) is 10.5 Å². The largest absolute Gasteiger partial charge is 0.326 e. The average Bonchev–Trinajstić information content (AvgIpc) is 2.66. The number of hydrogen-bond acceptors (Lipinski definition) is 3. The summed E-state index contributed by atoms with van der Waals surface area (Å²) in [4.78, 5) is 25.2. The summed E-state index contributed by atoms with van der Waals surface area (Å²) in [6, 6.07) is 24.1. The van der Waals surface area contributed by atoms with Gasteiger partial charge in [0.05, 0.1) is 0 Å². The van der Waals surface area contributed by atoms with Crippen LogP contribution in [0.25, 0.3) is 0 Å². The Kier molecular flexibility index (Phi) is 6.74. The minimum absolute atomic E-state index is 0.138. The van der Waals surface area contributed by atoms with Crippen LogP contribution in [0.4, 0.5) is 11.4 Å². The van der Waals surface area contributed by atoms with Crippen LogP contribution in [0.3, 0.4) is 0 Å². The van der Waals surface area contributed by atoms with Gasteiger partial charge in [0.25, 0.3) is 0 Å². The molecule has 4 nitrogen and oxygen atoms in total. The predicted octanol–water partition coefficient (Wildman–Crippen LogP) is 5.77. The Hall–Kier alpha value is -2.76. The normalized spacial score (nSPS) is 11.5. The molecule has 0 radical (unpaired) electrons. The lowest BCUT2D eigenvalue weighted by molar-refractivity contribution is -0.116. The van der Waals surface area contributed by atoms with E-state index in [2.05, 4.69) is 10.6 Å². The van der Waals surface area contributed by atoms with Gasteiger partial charge in [-0.3, -0.25) is 9.59 Å². The summed E-state index contributed by atoms with van der Waals surface area (Å²) in [5.41, 5.74) is 2.22. The Morgan fingerprint density at radius 1 is 0.857 bits per heavy atom. The van der Waals surface area contributed by atoms with Gasteiger partial charge < -0.3 is 10.6 Å². The van der Waals surface area contributed by atoms with Crippen molar-refractivity contribution in [3.8, 4) is 0 Å². The molecule has 3 aromatic rings. The average molecular weight is 411 g/mol. The van der Waals surface area contributed by atoms with Crippen LogP contribution >= 0.6 is 23.4 Å². The van der Waals surface area contributed by atoms with Crippen molar-refractivity contribution in [3.05, 3.63) is 89.4 Å². The highest BCUT2D eigenvalue weighted by atomic mass is 35.5. The molecule has 2 amide bonds. The highest BCUT2D eigenvalue weighted by Gasteiger charge is 2.22. The van der Waals surface area contributed by atoms with E-state index in [1.807, 2.05) is 54.6 Å². The number of halogens is 1. The third-order valence-electron chi connectivity index (χ3n) is 3.84. The van der Waals surface area contributed by atoms with Crippen molar-refractivity contribution in [2.75, 3.05) is 10.6 Å². The van der Waals surface area contributed by atoms with Gasteiger partial charge >= 0.3 is 0 Å².